The SMILES string of the molecule is C.C.C.C.C.C.C.C.C.C.C.C.C.CNC(=O)C(=O)OC.CNC(=O)C(C)=O.CNC(=O)N(C)C.CNC(=O)NC.CNC(=O)OC.CNC(=O)SC.CNC(=S)N(C)C.CNC(=S)NC.CNC(=S)OC.CNC(=S)SC.CNC(C)=O.CNC(C)=S.CNS(=O)(=O)NC. The van der Waals surface area contributed by atoms with Gasteiger partial charge in [0.15, 0.2) is 10.2 Å². The summed E-state index contributed by atoms with van der Waals surface area (Å²) >= 11 is 26.0. The van der Waals surface area contributed by atoms with Crippen LogP contribution >= 0.6 is 84.6 Å². The molecule has 40 heteroatoms. The normalized spacial score (nSPS) is 6.69. The molecule has 594 valence electrons. The van der Waals surface area contributed by atoms with E-state index in [9.17, 15) is 51.6 Å². The number of nitrogens with one attached hydrogen (secondary N) is 16. The number of hydrogen-bond donors (Lipinski definition) is 16. The Morgan fingerprint density at radius 2 is 0.726 bits per heavy atom. The van der Waals surface area contributed by atoms with Crippen molar-refractivity contribution in [3.63, 3.8) is 0 Å². The molecule has 0 saturated heterocycles. The van der Waals surface area contributed by atoms with E-state index < -0.39 is 39.9 Å². The molecule has 0 radical (unpaired) electrons. The Kier molecular flexibility index (Phi) is 256. The van der Waals surface area contributed by atoms with E-state index in [1.165, 1.54) is 80.0 Å². The minimum absolute atomic E-state index is 0. The van der Waals surface area contributed by atoms with Gasteiger partial charge in [0.2, 0.25) is 11.7 Å². The van der Waals surface area contributed by atoms with E-state index >= 15 is 0 Å². The van der Waals surface area contributed by atoms with Gasteiger partial charge in [-0.25, -0.2) is 28.6 Å². The van der Waals surface area contributed by atoms with E-state index in [2.05, 4.69) is 135 Å². The van der Waals surface area contributed by atoms with Crippen LogP contribution in [0.3, 0.4) is 0 Å². The number of Topliss-reactive ketones (excluding diaryl/α,β-unsaturated/α-hetero) is 1. The predicted molar refractivity (Wildman–Crippen MR) is 443 cm³/mol. The molecule has 16 N–H and O–H groups in total. The number of hydrogen-bond acceptors (Lipinski definition) is 21. The zero-order valence-corrected chi connectivity index (χ0v) is 59.4. The standard InChI is InChI=1S/C4H10N2O.C4H10N2S.C4H7NO3.C4H7NO2.C3H8N2O.C3H8N2S.C3H7NO2.2C3H7NOS.C3H7NO.C3H7NS2.C3H7NS.C2H8N2O2S.13CH4/c2*1-5-4(7)6(2)3;1-5-3(6)4(7)8-2;1-3(6)4(7)5-2;2*1-4-3(6)5-2;2*1-4-3(5)6-2;1-4-3(6)5-2;1-3(5)4-2;1-4-3(5)6-2;1-3(5)4-2;1-3-7(5,6)4-2;;;;;;;;;;;;;/h2*1-3H3,(H,5,7);1-2H3,(H,5,6);1-2H3,(H,5,7);2*1-2H3,(H2,4,5,6);2*1-2H3,(H,4,5);1-2H3,(H,4,6);1-2H3,(H,4,5);1-2H3,(H,4,5);1-2H3,(H,4,5);3-4H,1-2H3;13*1H4. The van der Waals surface area contributed by atoms with Gasteiger partial charge < -0.3 is 98.4 Å². The summed E-state index contributed by atoms with van der Waals surface area (Å²) in [5, 5.41) is 36.9. The highest BCUT2D eigenvalue weighted by atomic mass is 32.2. The average Bonchev–Trinajstić information content (AvgIpc) is 3.49. The quantitative estimate of drug-likeness (QED) is 0.0835. The summed E-state index contributed by atoms with van der Waals surface area (Å²) in [6.45, 7) is 4.54. The predicted octanol–water partition coefficient (Wildman–Crippen LogP) is 6.32. The highest BCUT2D eigenvalue weighted by molar-refractivity contribution is 8.22. The summed E-state index contributed by atoms with van der Waals surface area (Å²) in [5.41, 5.74) is 0. The van der Waals surface area contributed by atoms with Crippen molar-refractivity contribution in [1.29, 1.82) is 0 Å². The third kappa shape index (κ3) is 223. The van der Waals surface area contributed by atoms with Gasteiger partial charge in [0, 0.05) is 155 Å². The van der Waals surface area contributed by atoms with Crippen LogP contribution in [0, 0.1) is 0 Å². The van der Waals surface area contributed by atoms with Gasteiger partial charge in [0.25, 0.3) is 26.5 Å². The van der Waals surface area contributed by atoms with Crippen LogP contribution < -0.4 is 83.9 Å². The van der Waals surface area contributed by atoms with E-state index in [1.54, 1.807) is 88.5 Å². The van der Waals surface area contributed by atoms with Gasteiger partial charge in [-0.1, -0.05) is 133 Å². The topological polar surface area (TPSA) is 414 Å². The van der Waals surface area contributed by atoms with Crippen LogP contribution in [0.25, 0.3) is 0 Å². The number of urea groups is 2. The van der Waals surface area contributed by atoms with Crippen LogP contribution in [-0.2, 0) is 48.4 Å². The van der Waals surface area contributed by atoms with Crippen molar-refractivity contribution in [3.8, 4) is 0 Å². The van der Waals surface area contributed by atoms with Crippen LogP contribution in [0.2, 0.25) is 0 Å². The molecule has 0 aliphatic rings. The summed E-state index contributed by atoms with van der Waals surface area (Å²) in [6, 6.07) is -0.227. The maximum absolute atomic E-state index is 10.3. The van der Waals surface area contributed by atoms with Crippen molar-refractivity contribution in [2.24, 2.45) is 0 Å². The van der Waals surface area contributed by atoms with E-state index in [4.69, 9.17) is 24.4 Å². The molecular weight excluding hydrogens is 1390 g/mol. The van der Waals surface area contributed by atoms with Crippen molar-refractivity contribution >= 4 is 172 Å². The minimum atomic E-state index is -3.16. The van der Waals surface area contributed by atoms with Gasteiger partial charge in [0.05, 0.1) is 26.3 Å². The molecule has 0 aliphatic heterocycles. The molecule has 0 fully saturated rings. The van der Waals surface area contributed by atoms with Gasteiger partial charge in [-0.2, -0.15) is 8.42 Å². The largest absolute Gasteiger partial charge is 0.474 e. The average molecular weight is 1550 g/mol. The lowest BCUT2D eigenvalue weighted by molar-refractivity contribution is -0.152. The molecule has 0 aromatic rings. The molecule has 0 heterocycles. The maximum Gasteiger partial charge on any atom is 0.406 e. The van der Waals surface area contributed by atoms with Gasteiger partial charge in [-0.3, -0.25) is 24.0 Å². The molecule has 0 bridgehead atoms. The third-order valence-corrected chi connectivity index (χ3v) is 10.6. The molecule has 95 heavy (non-hydrogen) atoms. The molecule has 0 unspecified atom stereocenters. The van der Waals surface area contributed by atoms with Crippen LogP contribution in [0.5, 0.6) is 0 Å². The fourth-order valence-electron chi connectivity index (χ4n) is 1.58. The lowest BCUT2D eigenvalue weighted by Crippen LogP contribution is -2.31. The molecule has 9 amide bonds. The number of thioether (sulfide) groups is 2. The molecule has 0 aliphatic carbocycles. The lowest BCUT2D eigenvalue weighted by atomic mass is 10.4. The van der Waals surface area contributed by atoms with E-state index in [-0.39, 0.29) is 120 Å². The van der Waals surface area contributed by atoms with E-state index in [0.29, 0.717) is 10.3 Å². The summed E-state index contributed by atoms with van der Waals surface area (Å²) in [4.78, 5) is 94.3. The summed E-state index contributed by atoms with van der Waals surface area (Å²) in [7, 11) is 33.6. The van der Waals surface area contributed by atoms with Crippen molar-refractivity contribution < 1.29 is 65.8 Å². The molecule has 0 aromatic carbocycles. The molecule has 32 nitrogen and oxygen atoms in total. The van der Waals surface area contributed by atoms with Crippen LogP contribution in [0.1, 0.15) is 117 Å². The molecule has 0 rings (SSSR count). The zero-order chi connectivity index (χ0) is 68.6. The summed E-state index contributed by atoms with van der Waals surface area (Å²) in [5.74, 6) is -2.59. The Bertz CT molecular complexity index is 1610. The number of likely N-dealkylation sites (N-methyl/N-ethyl adjacent to an activating group) is 2. The number of carbonyl (C=O) groups is 9. The Hall–Kier alpha value is -5.75. The summed E-state index contributed by atoms with van der Waals surface area (Å²) in [6.07, 6.45) is 3.27. The second-order valence-electron chi connectivity index (χ2n) is 12.3. The third-order valence-electron chi connectivity index (χ3n) is 6.09. The number of ether oxygens (including phenoxy) is 3. The van der Waals surface area contributed by atoms with E-state index in [1.807, 2.05) is 53.3 Å². The van der Waals surface area contributed by atoms with Crippen molar-refractivity contribution in [3.05, 3.63) is 0 Å². The van der Waals surface area contributed by atoms with Gasteiger partial charge >= 0.3 is 30.0 Å². The Morgan fingerprint density at radius 1 is 0.389 bits per heavy atom. The first kappa shape index (κ1) is 174. The number of alkyl carbamates (subject to hydrolysis) is 1. The number of esters is 1. The fourth-order valence-corrected chi connectivity index (χ4v) is 2.19. The highest BCUT2D eigenvalue weighted by Crippen LogP contribution is 1.90. The van der Waals surface area contributed by atoms with Gasteiger partial charge in [-0.05, 0) is 56.1 Å². The van der Waals surface area contributed by atoms with Crippen LogP contribution in [0.4, 0.5) is 19.2 Å². The Labute approximate surface area is 620 Å². The van der Waals surface area contributed by atoms with E-state index in [0.717, 1.165) is 21.5 Å². The fraction of sp³-hybridized carbons (Fsp3) is 0.745. The number of rotatable bonds is 3. The number of methoxy groups -OCH3 is 3. The zero-order valence-electron chi connectivity index (χ0n) is 52.9. The van der Waals surface area contributed by atoms with Gasteiger partial charge in [-0.15, -0.1) is 11.8 Å². The highest BCUT2D eigenvalue weighted by Gasteiger charge is 2.08. The first-order chi connectivity index (χ1) is 37.8. The monoisotopic (exact) mass is 1540 g/mol. The molecular formula is C55H152N18O14S8. The Balaban J connectivity index is -0.0000000224. The van der Waals surface area contributed by atoms with Crippen molar-refractivity contribution in [1.82, 2.24) is 93.7 Å². The molecule has 0 atom stereocenters. The van der Waals surface area contributed by atoms with Crippen LogP contribution in [-0.4, -0.2) is 271 Å². The first-order valence-electron chi connectivity index (χ1n) is 22.4. The number of carbonyl (C=O) groups excluding carboxylic acids is 9. The number of ketones is 1. The van der Waals surface area contributed by atoms with Crippen molar-refractivity contribution in [2.75, 3.05) is 175 Å². The molecule has 0 saturated carbocycles. The smallest absolute Gasteiger partial charge is 0.406 e. The Morgan fingerprint density at radius 3 is 0.737 bits per heavy atom. The second kappa shape index (κ2) is 140. The number of thiocarbonyl (C=S) groups is 5. The first-order valence-corrected chi connectivity index (χ1v) is 28.4. The van der Waals surface area contributed by atoms with Crippen molar-refractivity contribution in [2.45, 2.75) is 117 Å². The minimum Gasteiger partial charge on any atom is -0.474 e. The van der Waals surface area contributed by atoms with Crippen LogP contribution in [0.15, 0.2) is 0 Å². The lowest BCUT2D eigenvalue weighted by Gasteiger charge is -2.11. The summed E-state index contributed by atoms with van der Waals surface area (Å²) < 4.78 is 38.0. The maximum atomic E-state index is 10.3. The molecule has 0 spiro atoms. The number of amides is 9. The molecule has 0 aromatic heterocycles. The second-order valence-corrected chi connectivity index (χ2v) is 18.1. The number of nitrogens with zero attached hydrogens (tertiary/aromatic N) is 2. The van der Waals surface area contributed by atoms with Gasteiger partial charge in [0.1, 0.15) is 4.32 Å².